The van der Waals surface area contributed by atoms with Gasteiger partial charge in [0.1, 0.15) is 11.7 Å². The Kier molecular flexibility index (Phi) is 5.39. The Morgan fingerprint density at radius 3 is 2.79 bits per heavy atom. The summed E-state index contributed by atoms with van der Waals surface area (Å²) in [5.74, 6) is -2.06. The fourth-order valence-corrected chi connectivity index (χ4v) is 3.29. The Balaban J connectivity index is 2.01. The maximum Gasteiger partial charge on any atom is 0.327 e. The van der Waals surface area contributed by atoms with E-state index >= 15 is 0 Å². The smallest absolute Gasteiger partial charge is 0.327 e. The van der Waals surface area contributed by atoms with Crippen LogP contribution in [0.4, 0.5) is 11.4 Å². The fraction of sp³-hybridized carbons (Fsp3) is 0.357. The molecular weight excluding hydrogens is 338 g/mol. The fourth-order valence-electron chi connectivity index (χ4n) is 2.15. The number of carboxylic acids is 1. The van der Waals surface area contributed by atoms with Gasteiger partial charge in [-0.05, 0) is 18.6 Å². The molecule has 9 nitrogen and oxygen atoms in total. The van der Waals surface area contributed by atoms with Crippen LogP contribution in [0, 0.1) is 17.0 Å². The van der Waals surface area contributed by atoms with Gasteiger partial charge in [0.2, 0.25) is 11.8 Å². The molecule has 1 aliphatic heterocycles. The minimum Gasteiger partial charge on any atom is -0.480 e. The molecule has 1 aromatic rings. The number of nitrogens with zero attached hydrogens (tertiary/aromatic N) is 1. The third-order valence-electron chi connectivity index (χ3n) is 3.37. The first-order chi connectivity index (χ1) is 11.3. The number of nitro benzene ring substituents is 1. The minimum absolute atomic E-state index is 0.0558. The number of anilines is 1. The predicted molar refractivity (Wildman–Crippen MR) is 86.9 cm³/mol. The highest BCUT2D eigenvalue weighted by atomic mass is 32.2. The molecule has 2 amide bonds. The maximum atomic E-state index is 12.1. The summed E-state index contributed by atoms with van der Waals surface area (Å²) >= 11 is 1.07. The lowest BCUT2D eigenvalue weighted by molar-refractivity contribution is -0.384. The Morgan fingerprint density at radius 2 is 2.21 bits per heavy atom. The van der Waals surface area contributed by atoms with Crippen LogP contribution >= 0.6 is 11.8 Å². The van der Waals surface area contributed by atoms with Crippen molar-refractivity contribution in [2.45, 2.75) is 24.6 Å². The zero-order chi connectivity index (χ0) is 17.9. The molecular formula is C14H15N3O6S. The van der Waals surface area contributed by atoms with E-state index in [9.17, 15) is 24.5 Å². The topological polar surface area (TPSA) is 139 Å². The highest BCUT2D eigenvalue weighted by molar-refractivity contribution is 8.00. The second-order valence-corrected chi connectivity index (χ2v) is 6.49. The van der Waals surface area contributed by atoms with Crippen molar-refractivity contribution in [3.63, 3.8) is 0 Å². The number of carboxylic acid groups (broad SMARTS) is 1. The first-order valence-electron chi connectivity index (χ1n) is 6.97. The molecule has 0 unspecified atom stereocenters. The second-order valence-electron chi connectivity index (χ2n) is 5.25. The number of nitro groups is 1. The molecule has 24 heavy (non-hydrogen) atoms. The van der Waals surface area contributed by atoms with Crippen LogP contribution in [-0.2, 0) is 14.4 Å². The molecule has 0 spiro atoms. The summed E-state index contributed by atoms with van der Waals surface area (Å²) in [7, 11) is 0. The Labute approximate surface area is 140 Å². The molecule has 3 N–H and O–H groups in total. The van der Waals surface area contributed by atoms with E-state index in [1.165, 1.54) is 12.1 Å². The van der Waals surface area contributed by atoms with Gasteiger partial charge >= 0.3 is 5.97 Å². The lowest BCUT2D eigenvalue weighted by Gasteiger charge is -2.25. The van der Waals surface area contributed by atoms with Crippen molar-refractivity contribution in [2.75, 3.05) is 11.1 Å². The standard InChI is InChI=1S/C14H15N3O6S/c1-7-2-3-8(10(4-7)17(22)23)15-12(18)5-11-13(19)16-9(6-24-11)14(20)21/h2-4,9,11H,5-6H2,1H3,(H,15,18)(H,16,19)(H,20,21)/t9-,11+/m0/s1. The number of nitrogens with one attached hydrogen (secondary N) is 2. The average molecular weight is 353 g/mol. The van der Waals surface area contributed by atoms with Crippen LogP contribution in [0.3, 0.4) is 0 Å². The molecule has 1 saturated heterocycles. The molecule has 0 aromatic heterocycles. The van der Waals surface area contributed by atoms with Crippen molar-refractivity contribution < 1.29 is 24.4 Å². The van der Waals surface area contributed by atoms with Crippen molar-refractivity contribution in [1.82, 2.24) is 5.32 Å². The third-order valence-corrected chi connectivity index (χ3v) is 4.67. The molecule has 1 heterocycles. The van der Waals surface area contributed by atoms with Crippen molar-refractivity contribution in [2.24, 2.45) is 0 Å². The monoisotopic (exact) mass is 353 g/mol. The number of aryl methyl sites for hydroxylation is 1. The number of carbonyl (C=O) groups excluding carboxylic acids is 2. The van der Waals surface area contributed by atoms with Crippen LogP contribution in [0.15, 0.2) is 18.2 Å². The highest BCUT2D eigenvalue weighted by Crippen LogP contribution is 2.27. The minimum atomic E-state index is -1.13. The Morgan fingerprint density at radius 1 is 1.50 bits per heavy atom. The number of rotatable bonds is 5. The number of hydrogen-bond acceptors (Lipinski definition) is 6. The van der Waals surface area contributed by atoms with Crippen LogP contribution in [0.1, 0.15) is 12.0 Å². The summed E-state index contributed by atoms with van der Waals surface area (Å²) in [6, 6.07) is 3.43. The number of amides is 2. The summed E-state index contributed by atoms with van der Waals surface area (Å²) in [5, 5.41) is 23.9. The quantitative estimate of drug-likeness (QED) is 0.528. The van der Waals surface area contributed by atoms with E-state index < -0.39 is 34.0 Å². The van der Waals surface area contributed by atoms with E-state index in [2.05, 4.69) is 10.6 Å². The van der Waals surface area contributed by atoms with Crippen LogP contribution in [-0.4, -0.2) is 44.9 Å². The zero-order valence-electron chi connectivity index (χ0n) is 12.6. The average Bonchev–Trinajstić information content (AvgIpc) is 2.50. The van der Waals surface area contributed by atoms with Crippen molar-refractivity contribution in [3.05, 3.63) is 33.9 Å². The van der Waals surface area contributed by atoms with E-state index in [0.29, 0.717) is 5.56 Å². The lowest BCUT2D eigenvalue weighted by Crippen LogP contribution is -2.51. The van der Waals surface area contributed by atoms with Gasteiger partial charge in [0, 0.05) is 18.2 Å². The van der Waals surface area contributed by atoms with E-state index in [4.69, 9.17) is 5.11 Å². The molecule has 2 atom stereocenters. The van der Waals surface area contributed by atoms with Crippen molar-refractivity contribution in [1.29, 1.82) is 0 Å². The number of hydrogen-bond donors (Lipinski definition) is 3. The third kappa shape index (κ3) is 4.22. The molecule has 1 aromatic carbocycles. The summed E-state index contributed by atoms with van der Waals surface area (Å²) < 4.78 is 0. The Hall–Kier alpha value is -2.62. The van der Waals surface area contributed by atoms with Gasteiger partial charge in [0.05, 0.1) is 10.2 Å². The van der Waals surface area contributed by atoms with E-state index in [-0.39, 0.29) is 23.5 Å². The van der Waals surface area contributed by atoms with Gasteiger partial charge in [-0.25, -0.2) is 4.79 Å². The molecule has 0 radical (unpaired) electrons. The summed E-state index contributed by atoms with van der Waals surface area (Å²) in [6.07, 6.45) is -0.201. The number of aliphatic carboxylic acids is 1. The molecule has 10 heteroatoms. The van der Waals surface area contributed by atoms with Gasteiger partial charge in [-0.3, -0.25) is 19.7 Å². The van der Waals surface area contributed by atoms with Crippen molar-refractivity contribution in [3.8, 4) is 0 Å². The van der Waals surface area contributed by atoms with Crippen LogP contribution in [0.5, 0.6) is 0 Å². The van der Waals surface area contributed by atoms with Gasteiger partial charge in [0.15, 0.2) is 0 Å². The molecule has 0 aliphatic carbocycles. The lowest BCUT2D eigenvalue weighted by atomic mass is 10.2. The number of thioether (sulfide) groups is 1. The molecule has 0 saturated carbocycles. The highest BCUT2D eigenvalue weighted by Gasteiger charge is 2.33. The first kappa shape index (κ1) is 17.7. The van der Waals surface area contributed by atoms with Gasteiger partial charge in [-0.15, -0.1) is 11.8 Å². The summed E-state index contributed by atoms with van der Waals surface area (Å²) in [4.78, 5) is 45.2. The zero-order valence-corrected chi connectivity index (χ0v) is 13.5. The van der Waals surface area contributed by atoms with E-state index in [0.717, 1.165) is 11.8 Å². The molecule has 2 rings (SSSR count). The molecule has 0 bridgehead atoms. The summed E-state index contributed by atoms with van der Waals surface area (Å²) in [5.41, 5.74) is 0.511. The predicted octanol–water partition coefficient (Wildman–Crippen LogP) is 0.917. The van der Waals surface area contributed by atoms with Crippen LogP contribution in [0.25, 0.3) is 0 Å². The van der Waals surface area contributed by atoms with Crippen LogP contribution < -0.4 is 10.6 Å². The van der Waals surface area contributed by atoms with Gasteiger partial charge in [-0.2, -0.15) is 0 Å². The first-order valence-corrected chi connectivity index (χ1v) is 8.02. The molecule has 1 aliphatic rings. The summed E-state index contributed by atoms with van der Waals surface area (Å²) in [6.45, 7) is 1.69. The maximum absolute atomic E-state index is 12.1. The van der Waals surface area contributed by atoms with Crippen LogP contribution in [0.2, 0.25) is 0 Å². The Bertz CT molecular complexity index is 708. The van der Waals surface area contributed by atoms with Crippen molar-refractivity contribution >= 4 is 40.9 Å². The molecule has 128 valence electrons. The molecule has 1 fully saturated rings. The van der Waals surface area contributed by atoms with E-state index in [1.807, 2.05) is 0 Å². The van der Waals surface area contributed by atoms with Gasteiger partial charge in [0.25, 0.3) is 5.69 Å². The van der Waals surface area contributed by atoms with E-state index in [1.54, 1.807) is 13.0 Å². The normalized spacial score (nSPS) is 20.1. The largest absolute Gasteiger partial charge is 0.480 e. The van der Waals surface area contributed by atoms with Gasteiger partial charge < -0.3 is 15.7 Å². The second kappa shape index (κ2) is 7.30. The number of benzene rings is 1. The number of carbonyl (C=O) groups is 3. The van der Waals surface area contributed by atoms with Gasteiger partial charge in [-0.1, -0.05) is 6.07 Å². The SMILES string of the molecule is Cc1ccc(NC(=O)C[C@H]2SC[C@@H](C(=O)O)NC2=O)c([N+](=O)[O-])c1.